The summed E-state index contributed by atoms with van der Waals surface area (Å²) in [6.07, 6.45) is 1.28. The van der Waals surface area contributed by atoms with Gasteiger partial charge in [-0.3, -0.25) is 17.2 Å². The van der Waals surface area contributed by atoms with Crippen LogP contribution in [0.4, 0.5) is 0 Å². The molecule has 0 amide bonds. The average Bonchev–Trinajstić information content (AvgIpc) is 1.30. The molecule has 7 heavy (non-hydrogen) atoms. The third kappa shape index (κ3) is 5.40. The highest BCUT2D eigenvalue weighted by molar-refractivity contribution is 4.93. The Balaban J connectivity index is 3.80. The van der Waals surface area contributed by atoms with E-state index < -0.39 is 5.79 Å². The number of hydrogen-bond donors (Lipinski definition) is 3. The van der Waals surface area contributed by atoms with Gasteiger partial charge in [0, 0.05) is 6.08 Å². The molecule has 0 aromatic heterocycles. The molecule has 0 heterocycles. The Morgan fingerprint density at radius 1 is 1.43 bits per heavy atom. The van der Waals surface area contributed by atoms with Crippen molar-refractivity contribution in [2.24, 2.45) is 17.2 Å². The predicted molar refractivity (Wildman–Crippen MR) is 29.0 cm³/mol. The van der Waals surface area contributed by atoms with Crippen LogP contribution in [0.25, 0.3) is 0 Å². The molecule has 0 aliphatic heterocycles. The molecule has 0 aliphatic carbocycles. The van der Waals surface area contributed by atoms with Gasteiger partial charge in [-0.2, -0.15) is 0 Å². The topological polar surface area (TPSA) is 78.1 Å². The summed E-state index contributed by atoms with van der Waals surface area (Å²) < 4.78 is 0. The standard InChI is InChI=1S/C4H9N3/c1-2-3-4(5,6)7/h3H,1,5-7H2. The zero-order valence-electron chi connectivity index (χ0n) is 4.02. The molecular weight excluding hydrogens is 90.1 g/mol. The van der Waals surface area contributed by atoms with Gasteiger partial charge < -0.3 is 0 Å². The van der Waals surface area contributed by atoms with Crippen LogP contribution in [0.3, 0.4) is 0 Å². The molecule has 0 aromatic carbocycles. The largest absolute Gasteiger partial charge is 0.297 e. The van der Waals surface area contributed by atoms with Crippen molar-refractivity contribution in [2.45, 2.75) is 5.79 Å². The molecule has 0 aliphatic rings. The molecule has 0 aromatic rings. The SMILES string of the molecule is C=C=CC(N)(N)N. The van der Waals surface area contributed by atoms with Gasteiger partial charge in [0.1, 0.15) is 5.79 Å². The third-order valence-corrected chi connectivity index (χ3v) is 0.352. The Labute approximate surface area is 42.5 Å². The van der Waals surface area contributed by atoms with Crippen molar-refractivity contribution in [3.05, 3.63) is 18.4 Å². The van der Waals surface area contributed by atoms with Crippen LogP contribution in [0.5, 0.6) is 0 Å². The first-order valence-corrected chi connectivity index (χ1v) is 1.80. The summed E-state index contributed by atoms with van der Waals surface area (Å²) in [7, 11) is 0. The zero-order valence-corrected chi connectivity index (χ0v) is 4.02. The van der Waals surface area contributed by atoms with E-state index >= 15 is 0 Å². The number of hydrogen-bond acceptors (Lipinski definition) is 3. The first-order valence-electron chi connectivity index (χ1n) is 1.80. The van der Waals surface area contributed by atoms with Gasteiger partial charge in [-0.1, -0.05) is 6.58 Å². The van der Waals surface area contributed by atoms with Crippen molar-refractivity contribution in [1.29, 1.82) is 0 Å². The van der Waals surface area contributed by atoms with Crippen LogP contribution in [0.1, 0.15) is 0 Å². The summed E-state index contributed by atoms with van der Waals surface area (Å²) in [5.74, 6) is -1.25. The summed E-state index contributed by atoms with van der Waals surface area (Å²) in [5, 5.41) is 0. The second kappa shape index (κ2) is 1.91. The lowest BCUT2D eigenvalue weighted by Crippen LogP contribution is -2.55. The van der Waals surface area contributed by atoms with E-state index in [1.54, 1.807) is 0 Å². The first kappa shape index (κ1) is 6.40. The molecule has 0 bridgehead atoms. The third-order valence-electron chi connectivity index (χ3n) is 0.352. The van der Waals surface area contributed by atoms with Gasteiger partial charge in [-0.15, -0.1) is 5.73 Å². The van der Waals surface area contributed by atoms with Gasteiger partial charge in [0.05, 0.1) is 0 Å². The van der Waals surface area contributed by atoms with E-state index in [9.17, 15) is 0 Å². The Morgan fingerprint density at radius 3 is 1.86 bits per heavy atom. The lowest BCUT2D eigenvalue weighted by Gasteiger charge is -2.09. The molecule has 0 radical (unpaired) electrons. The minimum absolute atomic E-state index is 1.25. The Hall–Kier alpha value is -0.600. The number of rotatable bonds is 1. The van der Waals surface area contributed by atoms with E-state index in [4.69, 9.17) is 17.2 Å². The smallest absolute Gasteiger partial charge is 0.143 e. The normalized spacial score (nSPS) is 10.1. The summed E-state index contributed by atoms with van der Waals surface area (Å²) in [5.41, 5.74) is 17.5. The van der Waals surface area contributed by atoms with Crippen molar-refractivity contribution in [1.82, 2.24) is 0 Å². The van der Waals surface area contributed by atoms with Crippen molar-refractivity contribution in [3.63, 3.8) is 0 Å². The maximum atomic E-state index is 5.04. The van der Waals surface area contributed by atoms with E-state index in [0.717, 1.165) is 0 Å². The van der Waals surface area contributed by atoms with Gasteiger partial charge in [0.2, 0.25) is 0 Å². The summed E-state index contributed by atoms with van der Waals surface area (Å²) in [6.45, 7) is 3.23. The van der Waals surface area contributed by atoms with Crippen molar-refractivity contribution in [3.8, 4) is 0 Å². The van der Waals surface area contributed by atoms with Crippen LogP contribution in [0, 0.1) is 0 Å². The Bertz CT molecular complexity index is 94.0. The molecule has 6 N–H and O–H groups in total. The van der Waals surface area contributed by atoms with Gasteiger partial charge in [-0.25, -0.2) is 0 Å². The van der Waals surface area contributed by atoms with Crippen LogP contribution in [-0.2, 0) is 0 Å². The van der Waals surface area contributed by atoms with Crippen LogP contribution < -0.4 is 17.2 Å². The fraction of sp³-hybridized carbons (Fsp3) is 0.250. The molecule has 0 rings (SSSR count). The minimum atomic E-state index is -1.25. The lowest BCUT2D eigenvalue weighted by molar-refractivity contribution is 0.583. The van der Waals surface area contributed by atoms with E-state index in [1.807, 2.05) is 0 Å². The highest BCUT2D eigenvalue weighted by Gasteiger charge is 2.02. The molecule has 0 saturated heterocycles. The van der Waals surface area contributed by atoms with Crippen LogP contribution >= 0.6 is 0 Å². The highest BCUT2D eigenvalue weighted by Crippen LogP contribution is 1.73. The molecule has 0 spiro atoms. The van der Waals surface area contributed by atoms with E-state index in [-0.39, 0.29) is 0 Å². The van der Waals surface area contributed by atoms with Gasteiger partial charge >= 0.3 is 0 Å². The first-order chi connectivity index (χ1) is 3.06. The van der Waals surface area contributed by atoms with Gasteiger partial charge in [0.15, 0.2) is 0 Å². The van der Waals surface area contributed by atoms with Gasteiger partial charge in [0.25, 0.3) is 0 Å². The second-order valence-corrected chi connectivity index (χ2v) is 1.35. The van der Waals surface area contributed by atoms with Gasteiger partial charge in [-0.05, 0) is 0 Å². The van der Waals surface area contributed by atoms with Crippen LogP contribution in [0.15, 0.2) is 18.4 Å². The molecule has 0 unspecified atom stereocenters. The predicted octanol–water partition coefficient (Wildman–Crippen LogP) is -1.14. The maximum Gasteiger partial charge on any atom is 0.143 e. The molecule has 3 heteroatoms. The molecular formula is C4H9N3. The molecule has 40 valence electrons. The monoisotopic (exact) mass is 99.1 g/mol. The second-order valence-electron chi connectivity index (χ2n) is 1.35. The van der Waals surface area contributed by atoms with E-state index in [0.29, 0.717) is 0 Å². The molecule has 0 fully saturated rings. The average molecular weight is 99.1 g/mol. The minimum Gasteiger partial charge on any atom is -0.297 e. The zero-order chi connectivity index (χ0) is 5.91. The van der Waals surface area contributed by atoms with Crippen molar-refractivity contribution >= 4 is 0 Å². The Kier molecular flexibility index (Phi) is 1.75. The summed E-state index contributed by atoms with van der Waals surface area (Å²) >= 11 is 0. The summed E-state index contributed by atoms with van der Waals surface area (Å²) in [4.78, 5) is 0. The molecule has 0 saturated carbocycles. The number of nitrogens with two attached hydrogens (primary N) is 3. The lowest BCUT2D eigenvalue weighted by atomic mass is 10.4. The summed E-state index contributed by atoms with van der Waals surface area (Å²) in [6, 6.07) is 0. The van der Waals surface area contributed by atoms with Crippen molar-refractivity contribution < 1.29 is 0 Å². The van der Waals surface area contributed by atoms with Crippen LogP contribution in [0.2, 0.25) is 0 Å². The fourth-order valence-corrected chi connectivity index (χ4v) is 0.177. The highest BCUT2D eigenvalue weighted by atomic mass is 15.1. The fourth-order valence-electron chi connectivity index (χ4n) is 0.177. The quantitative estimate of drug-likeness (QED) is 0.287. The van der Waals surface area contributed by atoms with E-state index in [2.05, 4.69) is 12.3 Å². The van der Waals surface area contributed by atoms with Crippen LogP contribution in [-0.4, -0.2) is 5.79 Å². The van der Waals surface area contributed by atoms with Crippen molar-refractivity contribution in [2.75, 3.05) is 0 Å². The molecule has 0 atom stereocenters. The molecule has 3 nitrogen and oxygen atoms in total. The van der Waals surface area contributed by atoms with E-state index in [1.165, 1.54) is 6.08 Å². The maximum absolute atomic E-state index is 5.04. The Morgan fingerprint density at radius 2 is 1.86 bits per heavy atom.